The maximum Gasteiger partial charge on any atom is 0.271 e. The van der Waals surface area contributed by atoms with Crippen LogP contribution in [0.2, 0.25) is 0 Å². The van der Waals surface area contributed by atoms with Gasteiger partial charge in [-0.2, -0.15) is 0 Å². The van der Waals surface area contributed by atoms with Crippen LogP contribution < -0.4 is 10.9 Å². The maximum absolute atomic E-state index is 11.6. The van der Waals surface area contributed by atoms with Gasteiger partial charge < -0.3 is 15.4 Å². The first kappa shape index (κ1) is 12.4. The predicted molar refractivity (Wildman–Crippen MR) is 58.1 cm³/mol. The van der Waals surface area contributed by atoms with E-state index in [9.17, 15) is 9.59 Å². The molecular formula is C10H15N3O3. The van der Waals surface area contributed by atoms with E-state index in [0.717, 1.165) is 6.20 Å². The molecule has 0 saturated heterocycles. The molecule has 0 aliphatic rings. The second-order valence-corrected chi connectivity index (χ2v) is 3.54. The zero-order chi connectivity index (χ0) is 12.0. The smallest absolute Gasteiger partial charge is 0.271 e. The molecule has 1 aromatic heterocycles. The molecule has 0 aliphatic carbocycles. The van der Waals surface area contributed by atoms with Crippen molar-refractivity contribution in [1.29, 1.82) is 0 Å². The number of aromatic amines is 1. The normalized spacial score (nSPS) is 12.1. The van der Waals surface area contributed by atoms with E-state index in [1.54, 1.807) is 0 Å². The molecule has 1 aromatic rings. The van der Waals surface area contributed by atoms with Crippen molar-refractivity contribution in [2.45, 2.75) is 25.8 Å². The molecule has 0 aliphatic heterocycles. The molecule has 6 nitrogen and oxygen atoms in total. The summed E-state index contributed by atoms with van der Waals surface area (Å²) < 4.78 is 0. The molecule has 0 saturated carbocycles. The van der Waals surface area contributed by atoms with E-state index >= 15 is 0 Å². The zero-order valence-electron chi connectivity index (χ0n) is 9.06. The first-order chi connectivity index (χ1) is 7.63. The van der Waals surface area contributed by atoms with Crippen LogP contribution in [0.4, 0.5) is 0 Å². The third-order valence-electron chi connectivity index (χ3n) is 2.08. The van der Waals surface area contributed by atoms with Gasteiger partial charge >= 0.3 is 0 Å². The van der Waals surface area contributed by atoms with Gasteiger partial charge in [-0.05, 0) is 19.8 Å². The summed E-state index contributed by atoms with van der Waals surface area (Å²) in [7, 11) is 0. The number of aromatic nitrogens is 2. The van der Waals surface area contributed by atoms with E-state index in [1.165, 1.54) is 6.20 Å². The van der Waals surface area contributed by atoms with Gasteiger partial charge in [-0.3, -0.25) is 9.59 Å². The van der Waals surface area contributed by atoms with Crippen molar-refractivity contribution in [3.05, 3.63) is 28.4 Å². The number of hydrogen-bond donors (Lipinski definition) is 3. The molecule has 16 heavy (non-hydrogen) atoms. The Labute approximate surface area is 92.7 Å². The van der Waals surface area contributed by atoms with E-state index in [4.69, 9.17) is 5.11 Å². The summed E-state index contributed by atoms with van der Waals surface area (Å²) in [6.07, 6.45) is 3.68. The number of carbonyl (C=O) groups excluding carboxylic acids is 1. The highest BCUT2D eigenvalue weighted by Crippen LogP contribution is 1.97. The Bertz CT molecular complexity index is 382. The fraction of sp³-hybridized carbons (Fsp3) is 0.500. The topological polar surface area (TPSA) is 95.1 Å². The molecule has 1 heterocycles. The second kappa shape index (κ2) is 6.02. The van der Waals surface area contributed by atoms with E-state index in [0.29, 0.717) is 12.8 Å². The van der Waals surface area contributed by atoms with Crippen molar-refractivity contribution < 1.29 is 9.90 Å². The third kappa shape index (κ3) is 3.82. The van der Waals surface area contributed by atoms with Crippen molar-refractivity contribution in [1.82, 2.24) is 15.3 Å². The molecule has 1 rings (SSSR count). The van der Waals surface area contributed by atoms with Crippen LogP contribution in [0.3, 0.4) is 0 Å². The Morgan fingerprint density at radius 1 is 1.69 bits per heavy atom. The number of hydrogen-bond acceptors (Lipinski definition) is 4. The molecule has 3 N–H and O–H groups in total. The molecule has 0 fully saturated rings. The van der Waals surface area contributed by atoms with Crippen molar-refractivity contribution >= 4 is 5.91 Å². The highest BCUT2D eigenvalue weighted by Gasteiger charge is 2.10. The Hall–Kier alpha value is -1.69. The summed E-state index contributed by atoms with van der Waals surface area (Å²) in [4.78, 5) is 28.4. The van der Waals surface area contributed by atoms with Crippen LogP contribution in [0.25, 0.3) is 0 Å². The van der Waals surface area contributed by atoms with Crippen LogP contribution in [0.1, 0.15) is 30.3 Å². The van der Waals surface area contributed by atoms with Crippen molar-refractivity contribution in [2.24, 2.45) is 0 Å². The van der Waals surface area contributed by atoms with E-state index in [1.807, 2.05) is 6.92 Å². The summed E-state index contributed by atoms with van der Waals surface area (Å²) in [5.74, 6) is -0.332. The number of nitrogens with zero attached hydrogens (tertiary/aromatic N) is 1. The molecule has 88 valence electrons. The van der Waals surface area contributed by atoms with Gasteiger partial charge in [-0.25, -0.2) is 4.98 Å². The Kier molecular flexibility index (Phi) is 4.65. The van der Waals surface area contributed by atoms with Crippen LogP contribution in [-0.4, -0.2) is 33.6 Å². The first-order valence-corrected chi connectivity index (χ1v) is 5.10. The van der Waals surface area contributed by atoms with Gasteiger partial charge in [0.05, 0.1) is 6.20 Å². The van der Waals surface area contributed by atoms with Gasteiger partial charge in [0, 0.05) is 18.8 Å². The molecule has 0 spiro atoms. The quantitative estimate of drug-likeness (QED) is 0.639. The lowest BCUT2D eigenvalue weighted by atomic mass is 10.2. The summed E-state index contributed by atoms with van der Waals surface area (Å²) >= 11 is 0. The molecule has 1 atom stereocenters. The highest BCUT2D eigenvalue weighted by atomic mass is 16.3. The van der Waals surface area contributed by atoms with Crippen LogP contribution >= 0.6 is 0 Å². The number of nitrogens with one attached hydrogen (secondary N) is 2. The molecule has 1 amide bonds. The fourth-order valence-corrected chi connectivity index (χ4v) is 1.23. The Morgan fingerprint density at radius 2 is 2.44 bits per heavy atom. The number of carbonyl (C=O) groups is 1. The lowest BCUT2D eigenvalue weighted by Crippen LogP contribution is -2.33. The minimum atomic E-state index is -0.343. The zero-order valence-corrected chi connectivity index (χ0v) is 9.06. The van der Waals surface area contributed by atoms with Crippen molar-refractivity contribution in [2.75, 3.05) is 6.61 Å². The lowest BCUT2D eigenvalue weighted by Gasteiger charge is -2.12. The average molecular weight is 225 g/mol. The number of aliphatic hydroxyl groups is 1. The maximum atomic E-state index is 11.6. The van der Waals surface area contributed by atoms with E-state index < -0.39 is 0 Å². The Balaban J connectivity index is 2.52. The summed E-state index contributed by atoms with van der Waals surface area (Å²) in [6.45, 7) is 1.95. The van der Waals surface area contributed by atoms with E-state index in [-0.39, 0.29) is 29.8 Å². The SMILES string of the molecule is CC(CCCO)NC(=O)c1c[nH]c(=O)cn1. The molecule has 1 unspecified atom stereocenters. The summed E-state index contributed by atoms with van der Waals surface area (Å²) in [6, 6.07) is -0.0339. The lowest BCUT2D eigenvalue weighted by molar-refractivity contribution is 0.0931. The summed E-state index contributed by atoms with van der Waals surface area (Å²) in [5.41, 5.74) is -0.166. The van der Waals surface area contributed by atoms with Gasteiger partial charge in [0.1, 0.15) is 5.69 Å². The summed E-state index contributed by atoms with van der Waals surface area (Å²) in [5, 5.41) is 11.3. The third-order valence-corrected chi connectivity index (χ3v) is 2.08. The minimum absolute atomic E-state index is 0.0339. The standard InChI is InChI=1S/C10H15N3O3/c1-7(3-2-4-14)13-10(16)8-5-12-9(15)6-11-8/h5-7,14H,2-4H2,1H3,(H,12,15)(H,13,16). The highest BCUT2D eigenvalue weighted by molar-refractivity contribution is 5.92. The van der Waals surface area contributed by atoms with Gasteiger partial charge in [-0.1, -0.05) is 0 Å². The molecule has 0 bridgehead atoms. The largest absolute Gasteiger partial charge is 0.396 e. The molecule has 6 heteroatoms. The molecule has 0 radical (unpaired) electrons. The molecule has 0 aromatic carbocycles. The van der Waals surface area contributed by atoms with Crippen molar-refractivity contribution in [3.63, 3.8) is 0 Å². The van der Waals surface area contributed by atoms with Crippen LogP contribution in [0, 0.1) is 0 Å². The Morgan fingerprint density at radius 3 is 3.00 bits per heavy atom. The number of rotatable bonds is 5. The van der Waals surface area contributed by atoms with Crippen molar-refractivity contribution in [3.8, 4) is 0 Å². The monoisotopic (exact) mass is 225 g/mol. The second-order valence-electron chi connectivity index (χ2n) is 3.54. The van der Waals surface area contributed by atoms with Gasteiger partial charge in [0.2, 0.25) is 0 Å². The number of amides is 1. The predicted octanol–water partition coefficient (Wildman–Crippen LogP) is -0.339. The number of H-pyrrole nitrogens is 1. The number of aliphatic hydroxyl groups excluding tert-OH is 1. The average Bonchev–Trinajstić information content (AvgIpc) is 2.27. The van der Waals surface area contributed by atoms with Crippen LogP contribution in [0.5, 0.6) is 0 Å². The fourth-order valence-electron chi connectivity index (χ4n) is 1.23. The minimum Gasteiger partial charge on any atom is -0.396 e. The van der Waals surface area contributed by atoms with Crippen LogP contribution in [0.15, 0.2) is 17.2 Å². The van der Waals surface area contributed by atoms with Gasteiger partial charge in [0.15, 0.2) is 0 Å². The van der Waals surface area contributed by atoms with Gasteiger partial charge in [0.25, 0.3) is 11.5 Å². The first-order valence-electron chi connectivity index (χ1n) is 5.10. The van der Waals surface area contributed by atoms with Crippen LogP contribution in [-0.2, 0) is 0 Å². The van der Waals surface area contributed by atoms with Gasteiger partial charge in [-0.15, -0.1) is 0 Å². The molecular weight excluding hydrogens is 210 g/mol. The van der Waals surface area contributed by atoms with E-state index in [2.05, 4.69) is 15.3 Å².